The van der Waals surface area contributed by atoms with E-state index in [-0.39, 0.29) is 18.4 Å². The summed E-state index contributed by atoms with van der Waals surface area (Å²) < 4.78 is 4.97. The minimum Gasteiger partial charge on any atom is -0.465 e. The first-order valence-electron chi connectivity index (χ1n) is 9.99. The van der Waals surface area contributed by atoms with Crippen molar-refractivity contribution in [2.24, 2.45) is 5.92 Å². The number of hydrogen-bond donors (Lipinski definition) is 1. The number of para-hydroxylation sites is 1. The number of ether oxygens (including phenoxy) is 1. The molecule has 1 aliphatic carbocycles. The van der Waals surface area contributed by atoms with Crippen molar-refractivity contribution >= 4 is 28.8 Å². The molecule has 1 aliphatic heterocycles. The van der Waals surface area contributed by atoms with Crippen molar-refractivity contribution in [3.05, 3.63) is 41.1 Å². The molecule has 152 valence electrons. The van der Waals surface area contributed by atoms with Gasteiger partial charge in [-0.05, 0) is 37.3 Å². The Labute approximate surface area is 169 Å². The van der Waals surface area contributed by atoms with Crippen LogP contribution in [0.5, 0.6) is 0 Å². The van der Waals surface area contributed by atoms with E-state index in [1.807, 2.05) is 38.1 Å². The van der Waals surface area contributed by atoms with Gasteiger partial charge in [-0.15, -0.1) is 0 Å². The predicted molar refractivity (Wildman–Crippen MR) is 107 cm³/mol. The highest BCUT2D eigenvalue weighted by Gasteiger charge is 2.55. The normalized spacial score (nSPS) is 24.2. The summed E-state index contributed by atoms with van der Waals surface area (Å²) in [6.07, 6.45) is 3.51. The molecule has 2 fully saturated rings. The van der Waals surface area contributed by atoms with Gasteiger partial charge in [0.25, 0.3) is 5.91 Å². The molecule has 29 heavy (non-hydrogen) atoms. The fraction of sp³-hybridized carbons (Fsp3) is 0.455. The Morgan fingerprint density at radius 3 is 2.79 bits per heavy atom. The Morgan fingerprint density at radius 2 is 2.07 bits per heavy atom. The molecule has 1 saturated carbocycles. The summed E-state index contributed by atoms with van der Waals surface area (Å²) in [5.41, 5.74) is 1.28. The van der Waals surface area contributed by atoms with E-state index in [9.17, 15) is 14.4 Å². The number of aryl methyl sites for hydroxylation is 1. The minimum atomic E-state index is -0.841. The van der Waals surface area contributed by atoms with E-state index in [4.69, 9.17) is 4.74 Å². The number of urea groups is 1. The first-order valence-corrected chi connectivity index (χ1v) is 9.99. The molecule has 7 heteroatoms. The quantitative estimate of drug-likeness (QED) is 0.636. The van der Waals surface area contributed by atoms with Crippen LogP contribution in [0, 0.1) is 12.8 Å². The van der Waals surface area contributed by atoms with Crippen LogP contribution >= 0.6 is 0 Å². The topological polar surface area (TPSA) is 88.6 Å². The predicted octanol–water partition coefficient (Wildman–Crippen LogP) is 3.33. The number of carbonyl (C=O) groups excluding carboxylic acids is 3. The largest absolute Gasteiger partial charge is 0.465 e. The van der Waals surface area contributed by atoms with Gasteiger partial charge in [-0.3, -0.25) is 9.69 Å². The molecule has 1 N–H and O–H groups in total. The number of nitrogens with one attached hydrogen (secondary N) is 1. The van der Waals surface area contributed by atoms with E-state index >= 15 is 0 Å². The van der Waals surface area contributed by atoms with E-state index in [0.29, 0.717) is 23.2 Å². The molecule has 7 nitrogen and oxygen atoms in total. The highest BCUT2D eigenvalue weighted by Crippen LogP contribution is 2.39. The van der Waals surface area contributed by atoms with Gasteiger partial charge in [0.05, 0.1) is 30.4 Å². The number of methoxy groups -OCH3 is 1. The van der Waals surface area contributed by atoms with Crippen molar-refractivity contribution in [2.75, 3.05) is 7.11 Å². The maximum absolute atomic E-state index is 13.3. The van der Waals surface area contributed by atoms with Crippen LogP contribution in [0.2, 0.25) is 0 Å². The fourth-order valence-corrected chi connectivity index (χ4v) is 4.72. The van der Waals surface area contributed by atoms with Crippen molar-refractivity contribution in [1.82, 2.24) is 15.2 Å². The van der Waals surface area contributed by atoms with Gasteiger partial charge in [0, 0.05) is 5.39 Å². The lowest BCUT2D eigenvalue weighted by atomic mass is 9.73. The zero-order valence-electron chi connectivity index (χ0n) is 16.9. The van der Waals surface area contributed by atoms with Gasteiger partial charge in [0.2, 0.25) is 0 Å². The number of amides is 3. The average molecular weight is 395 g/mol. The second-order valence-electron chi connectivity index (χ2n) is 8.01. The summed E-state index contributed by atoms with van der Waals surface area (Å²) in [6, 6.07) is 7.06. The maximum atomic E-state index is 13.3. The third-order valence-corrected chi connectivity index (χ3v) is 6.43. The van der Waals surface area contributed by atoms with Crippen LogP contribution in [0.25, 0.3) is 10.9 Å². The van der Waals surface area contributed by atoms with Crippen LogP contribution in [0.1, 0.15) is 54.2 Å². The van der Waals surface area contributed by atoms with Crippen molar-refractivity contribution in [3.63, 3.8) is 0 Å². The number of rotatable bonds is 3. The number of fused-ring (bicyclic) bond motifs is 1. The van der Waals surface area contributed by atoms with Crippen LogP contribution in [-0.4, -0.2) is 40.4 Å². The molecule has 0 bridgehead atoms. The number of pyridine rings is 1. The molecule has 4 rings (SSSR count). The van der Waals surface area contributed by atoms with Crippen LogP contribution in [0.4, 0.5) is 4.79 Å². The molecule has 0 radical (unpaired) electrons. The molecule has 2 aliphatic rings. The Morgan fingerprint density at radius 1 is 1.31 bits per heavy atom. The minimum absolute atomic E-state index is 0.0603. The van der Waals surface area contributed by atoms with Crippen molar-refractivity contribution in [3.8, 4) is 0 Å². The molecule has 2 atom stereocenters. The van der Waals surface area contributed by atoms with E-state index in [0.717, 1.165) is 30.2 Å². The van der Waals surface area contributed by atoms with E-state index in [2.05, 4.69) is 10.3 Å². The van der Waals surface area contributed by atoms with E-state index in [1.54, 1.807) is 0 Å². The van der Waals surface area contributed by atoms with Crippen LogP contribution in [0.3, 0.4) is 0 Å². The molecule has 2 heterocycles. The zero-order chi connectivity index (χ0) is 20.8. The van der Waals surface area contributed by atoms with E-state index in [1.165, 1.54) is 12.0 Å². The van der Waals surface area contributed by atoms with Crippen LogP contribution in [0.15, 0.2) is 24.3 Å². The van der Waals surface area contributed by atoms with Gasteiger partial charge in [0.1, 0.15) is 5.54 Å². The number of hydrogen-bond acceptors (Lipinski definition) is 5. The number of carbonyl (C=O) groups is 3. The lowest BCUT2D eigenvalue weighted by Gasteiger charge is -2.36. The third kappa shape index (κ3) is 2.96. The number of imide groups is 1. The lowest BCUT2D eigenvalue weighted by Crippen LogP contribution is -2.53. The van der Waals surface area contributed by atoms with Crippen molar-refractivity contribution < 1.29 is 19.1 Å². The van der Waals surface area contributed by atoms with Crippen molar-refractivity contribution in [1.29, 1.82) is 0 Å². The van der Waals surface area contributed by atoms with E-state index < -0.39 is 17.5 Å². The standard InChI is InChI=1S/C22H25N3O4/c1-13-8-6-7-11-22(13)20(27)25(21(28)24-22)12-17-18(19(26)29-3)14(2)15-9-4-5-10-16(15)23-17/h4-5,9-10,13H,6-8,11-12H2,1-3H3,(H,24,28)/t13-,22-/m0/s1. The van der Waals surface area contributed by atoms with Gasteiger partial charge in [0.15, 0.2) is 0 Å². The smallest absolute Gasteiger partial charge is 0.340 e. The summed E-state index contributed by atoms with van der Waals surface area (Å²) in [4.78, 5) is 44.4. The zero-order valence-corrected chi connectivity index (χ0v) is 16.9. The molecular weight excluding hydrogens is 370 g/mol. The van der Waals surface area contributed by atoms with Gasteiger partial charge >= 0.3 is 12.0 Å². The Kier molecular flexibility index (Phi) is 4.76. The monoisotopic (exact) mass is 395 g/mol. The maximum Gasteiger partial charge on any atom is 0.340 e. The third-order valence-electron chi connectivity index (χ3n) is 6.43. The summed E-state index contributed by atoms with van der Waals surface area (Å²) in [5, 5.41) is 3.79. The molecule has 3 amide bonds. The van der Waals surface area contributed by atoms with Gasteiger partial charge in [-0.25, -0.2) is 14.6 Å². The number of esters is 1. The average Bonchev–Trinajstić information content (AvgIpc) is 2.95. The Bertz CT molecular complexity index is 1020. The summed E-state index contributed by atoms with van der Waals surface area (Å²) >= 11 is 0. The van der Waals surface area contributed by atoms with Crippen molar-refractivity contribution in [2.45, 2.75) is 51.6 Å². The SMILES string of the molecule is COC(=O)c1c(CN2C(=O)N[C@]3(CCCC[C@@H]3C)C2=O)nc2ccccc2c1C. The van der Waals surface area contributed by atoms with Gasteiger partial charge in [-0.1, -0.05) is 38.0 Å². The summed E-state index contributed by atoms with van der Waals surface area (Å²) in [5.74, 6) is -0.675. The molecule has 1 saturated heterocycles. The molecule has 1 aromatic carbocycles. The van der Waals surface area contributed by atoms with Crippen LogP contribution in [-0.2, 0) is 16.1 Å². The summed E-state index contributed by atoms with van der Waals surface area (Å²) in [7, 11) is 1.31. The first kappa shape index (κ1) is 19.4. The summed E-state index contributed by atoms with van der Waals surface area (Å²) in [6.45, 7) is 3.78. The first-order chi connectivity index (χ1) is 13.9. The molecule has 2 aromatic rings. The number of benzene rings is 1. The number of nitrogens with zero attached hydrogens (tertiary/aromatic N) is 2. The molecule has 1 aromatic heterocycles. The number of aromatic nitrogens is 1. The van der Waals surface area contributed by atoms with Crippen LogP contribution < -0.4 is 5.32 Å². The Balaban J connectivity index is 1.77. The second-order valence-corrected chi connectivity index (χ2v) is 8.01. The second kappa shape index (κ2) is 7.13. The molecule has 1 spiro atoms. The van der Waals surface area contributed by atoms with Gasteiger partial charge < -0.3 is 10.1 Å². The highest BCUT2D eigenvalue weighted by atomic mass is 16.5. The Hall–Kier alpha value is -2.96. The highest BCUT2D eigenvalue weighted by molar-refractivity contribution is 6.07. The fourth-order valence-electron chi connectivity index (χ4n) is 4.72. The lowest BCUT2D eigenvalue weighted by molar-refractivity contribution is -0.134. The molecular formula is C22H25N3O4. The van der Waals surface area contributed by atoms with Gasteiger partial charge in [-0.2, -0.15) is 0 Å². The molecule has 0 unspecified atom stereocenters.